The highest BCUT2D eigenvalue weighted by Crippen LogP contribution is 2.16. The van der Waals surface area contributed by atoms with Crippen LogP contribution < -0.4 is 0 Å². The fourth-order valence-corrected chi connectivity index (χ4v) is 9.10. The van der Waals surface area contributed by atoms with Gasteiger partial charge in [-0.3, -0.25) is 14.4 Å². The maximum absolute atomic E-state index is 12.9. The molecule has 1 atom stereocenters. The molecule has 0 bridgehead atoms. The molecule has 0 heterocycles. The highest BCUT2D eigenvalue weighted by atomic mass is 16.6. The summed E-state index contributed by atoms with van der Waals surface area (Å²) in [7, 11) is 0. The molecule has 0 aliphatic heterocycles. The van der Waals surface area contributed by atoms with Crippen LogP contribution in [0.3, 0.4) is 0 Å². The van der Waals surface area contributed by atoms with Gasteiger partial charge >= 0.3 is 17.9 Å². The van der Waals surface area contributed by atoms with E-state index in [2.05, 4.69) is 130 Å². The minimum atomic E-state index is -0.787. The number of unbranched alkanes of at least 4 members (excludes halogenated alkanes) is 30. The first-order valence-corrected chi connectivity index (χ1v) is 32.9. The average molecular weight is 1080 g/mol. The first-order valence-electron chi connectivity index (χ1n) is 32.9. The third kappa shape index (κ3) is 62.9. The molecule has 0 saturated heterocycles. The lowest BCUT2D eigenvalue weighted by molar-refractivity contribution is -0.167. The van der Waals surface area contributed by atoms with Crippen LogP contribution in [-0.2, 0) is 28.6 Å². The van der Waals surface area contributed by atoms with Crippen LogP contribution in [0.1, 0.15) is 310 Å². The summed E-state index contributed by atoms with van der Waals surface area (Å²) in [4.78, 5) is 38.3. The summed E-state index contributed by atoms with van der Waals surface area (Å²) < 4.78 is 16.9. The van der Waals surface area contributed by atoms with Crippen molar-refractivity contribution in [2.75, 3.05) is 13.2 Å². The average Bonchev–Trinajstić information content (AvgIpc) is 3.44. The first kappa shape index (κ1) is 74.1. The third-order valence-electron chi connectivity index (χ3n) is 14.0. The maximum atomic E-state index is 12.9. The van der Waals surface area contributed by atoms with E-state index in [0.29, 0.717) is 19.3 Å². The molecule has 6 heteroatoms. The van der Waals surface area contributed by atoms with Gasteiger partial charge in [0.15, 0.2) is 6.10 Å². The highest BCUT2D eigenvalue weighted by molar-refractivity contribution is 5.71. The van der Waals surface area contributed by atoms with E-state index in [1.54, 1.807) is 0 Å². The van der Waals surface area contributed by atoms with Crippen LogP contribution >= 0.6 is 0 Å². The Hall–Kier alpha value is -3.93. The van der Waals surface area contributed by atoms with E-state index in [0.717, 1.165) is 128 Å². The summed E-state index contributed by atoms with van der Waals surface area (Å²) >= 11 is 0. The van der Waals surface area contributed by atoms with E-state index >= 15 is 0 Å². The van der Waals surface area contributed by atoms with Crippen molar-refractivity contribution in [3.63, 3.8) is 0 Å². The van der Waals surface area contributed by atoms with E-state index in [9.17, 15) is 14.4 Å². The molecule has 0 rings (SSSR count). The van der Waals surface area contributed by atoms with Crippen LogP contribution in [0.4, 0.5) is 0 Å². The SMILES string of the molecule is CC/C=C\C/C=C\C/C=C\C/C=C\C/C=C\C/C=C\C/C=C\C/C=C\CCCCCCCCC(=O)OCC(COC(=O)CCCCCCC/C=C\CCCCCC)OC(=O)CCCCCCCCCCCCCCCCCC. The Bertz CT molecular complexity index is 1570. The summed E-state index contributed by atoms with van der Waals surface area (Å²) in [6.07, 6.45) is 89.5. The molecule has 0 aromatic carbocycles. The van der Waals surface area contributed by atoms with Crippen molar-refractivity contribution in [3.8, 4) is 0 Å². The Morgan fingerprint density at radius 2 is 0.500 bits per heavy atom. The fourth-order valence-electron chi connectivity index (χ4n) is 9.10. The van der Waals surface area contributed by atoms with Crippen LogP contribution in [0.5, 0.6) is 0 Å². The molecule has 0 aromatic rings. The number of esters is 3. The molecule has 0 radical (unpaired) electrons. The van der Waals surface area contributed by atoms with Gasteiger partial charge in [0.1, 0.15) is 13.2 Å². The second-order valence-electron chi connectivity index (χ2n) is 21.6. The molecule has 0 N–H and O–H groups in total. The molecular weight excluding hydrogens is 961 g/mol. The summed E-state index contributed by atoms with van der Waals surface area (Å²) in [5, 5.41) is 0. The van der Waals surface area contributed by atoms with Crippen molar-refractivity contribution in [2.45, 2.75) is 316 Å². The molecule has 446 valence electrons. The number of ether oxygens (including phenoxy) is 3. The Kier molecular flexibility index (Phi) is 62.3. The number of allylic oxidation sites excluding steroid dienone is 18. The highest BCUT2D eigenvalue weighted by Gasteiger charge is 2.19. The van der Waals surface area contributed by atoms with E-state index in [1.807, 2.05) is 0 Å². The summed E-state index contributed by atoms with van der Waals surface area (Å²) in [5.74, 6) is -0.897. The molecule has 0 fully saturated rings. The zero-order valence-electron chi connectivity index (χ0n) is 51.2. The monoisotopic (exact) mass is 1080 g/mol. The van der Waals surface area contributed by atoms with E-state index in [4.69, 9.17) is 14.2 Å². The largest absolute Gasteiger partial charge is 0.462 e. The van der Waals surface area contributed by atoms with Gasteiger partial charge in [-0.2, -0.15) is 0 Å². The van der Waals surface area contributed by atoms with Crippen LogP contribution in [0.25, 0.3) is 0 Å². The molecular formula is C72H122O6. The Morgan fingerprint density at radius 3 is 0.808 bits per heavy atom. The number of hydrogen-bond acceptors (Lipinski definition) is 6. The predicted octanol–water partition coefficient (Wildman–Crippen LogP) is 22.6. The molecule has 78 heavy (non-hydrogen) atoms. The predicted molar refractivity (Wildman–Crippen MR) is 339 cm³/mol. The molecule has 0 saturated carbocycles. The number of carbonyl (C=O) groups excluding carboxylic acids is 3. The Morgan fingerprint density at radius 1 is 0.269 bits per heavy atom. The van der Waals surface area contributed by atoms with Gasteiger partial charge in [-0.1, -0.05) is 291 Å². The van der Waals surface area contributed by atoms with Gasteiger partial charge in [0.05, 0.1) is 0 Å². The van der Waals surface area contributed by atoms with Crippen molar-refractivity contribution in [1.29, 1.82) is 0 Å². The van der Waals surface area contributed by atoms with Crippen molar-refractivity contribution in [3.05, 3.63) is 109 Å². The van der Waals surface area contributed by atoms with Crippen molar-refractivity contribution >= 4 is 17.9 Å². The van der Waals surface area contributed by atoms with Gasteiger partial charge in [-0.15, -0.1) is 0 Å². The zero-order valence-corrected chi connectivity index (χ0v) is 51.2. The first-order chi connectivity index (χ1) is 38.5. The molecule has 6 nitrogen and oxygen atoms in total. The smallest absolute Gasteiger partial charge is 0.306 e. The van der Waals surface area contributed by atoms with E-state index in [-0.39, 0.29) is 31.1 Å². The van der Waals surface area contributed by atoms with E-state index < -0.39 is 6.10 Å². The van der Waals surface area contributed by atoms with Gasteiger partial charge in [0.25, 0.3) is 0 Å². The number of carbonyl (C=O) groups is 3. The zero-order chi connectivity index (χ0) is 56.4. The molecule has 0 aliphatic carbocycles. The summed E-state index contributed by atoms with van der Waals surface area (Å²) in [6.45, 7) is 6.52. The fraction of sp³-hybridized carbons (Fsp3) is 0.708. The van der Waals surface area contributed by atoms with Crippen molar-refractivity contribution in [2.24, 2.45) is 0 Å². The van der Waals surface area contributed by atoms with Crippen molar-refractivity contribution < 1.29 is 28.6 Å². The van der Waals surface area contributed by atoms with Gasteiger partial charge in [-0.05, 0) is 109 Å². The summed E-state index contributed by atoms with van der Waals surface area (Å²) in [6, 6.07) is 0. The van der Waals surface area contributed by atoms with Gasteiger partial charge in [0.2, 0.25) is 0 Å². The number of hydrogen-bond donors (Lipinski definition) is 0. The lowest BCUT2D eigenvalue weighted by Gasteiger charge is -2.18. The quantitative estimate of drug-likeness (QED) is 0.0261. The molecule has 1 unspecified atom stereocenters. The minimum absolute atomic E-state index is 0.0848. The lowest BCUT2D eigenvalue weighted by Crippen LogP contribution is -2.30. The van der Waals surface area contributed by atoms with Crippen LogP contribution in [0.2, 0.25) is 0 Å². The maximum Gasteiger partial charge on any atom is 0.306 e. The summed E-state index contributed by atoms with van der Waals surface area (Å²) in [5.41, 5.74) is 0. The Balaban J connectivity index is 4.31. The molecule has 0 aliphatic rings. The van der Waals surface area contributed by atoms with Gasteiger partial charge in [-0.25, -0.2) is 0 Å². The van der Waals surface area contributed by atoms with Crippen molar-refractivity contribution in [1.82, 2.24) is 0 Å². The lowest BCUT2D eigenvalue weighted by atomic mass is 10.0. The molecule has 0 spiro atoms. The minimum Gasteiger partial charge on any atom is -0.462 e. The van der Waals surface area contributed by atoms with Crippen LogP contribution in [-0.4, -0.2) is 37.2 Å². The van der Waals surface area contributed by atoms with Gasteiger partial charge in [0, 0.05) is 19.3 Å². The Labute approximate surface area is 482 Å². The van der Waals surface area contributed by atoms with E-state index in [1.165, 1.54) is 141 Å². The topological polar surface area (TPSA) is 78.9 Å². The standard InChI is InChI=1S/C72H122O6/c1-4-7-10-13-16-19-22-25-27-29-30-31-32-33-34-35-36-37-38-39-40-41-42-43-45-47-50-53-56-59-62-65-71(74)77-68-69(67-76-70(73)64-61-58-55-52-49-46-24-21-18-15-12-9-6-3)78-72(75)66-63-60-57-54-51-48-44-28-26-23-20-17-14-11-8-5-2/h7,10,16,19,21,24-25,27,30-31,33-34,36-37,39-40,42-43,69H,4-6,8-9,11-15,17-18,20,22-23,26,28-29,32,35,38,41,44-68H2,1-3H3/b10-7-,19-16-,24-21-,27-25-,31-30-,34-33-,37-36-,40-39-,43-42-. The molecule has 0 aromatic heterocycles. The second-order valence-corrected chi connectivity index (χ2v) is 21.6. The number of rotatable bonds is 59. The second kappa shape index (κ2) is 65.6. The van der Waals surface area contributed by atoms with Crippen LogP contribution in [0.15, 0.2) is 109 Å². The third-order valence-corrected chi connectivity index (χ3v) is 14.0. The van der Waals surface area contributed by atoms with Crippen LogP contribution in [0, 0.1) is 0 Å². The normalized spacial score (nSPS) is 12.8. The molecule has 0 amide bonds. The van der Waals surface area contributed by atoms with Gasteiger partial charge < -0.3 is 14.2 Å².